The Balaban J connectivity index is 2.81. The maximum Gasteiger partial charge on any atom is 0.354 e. The predicted molar refractivity (Wildman–Crippen MR) is 99.1 cm³/mol. The van der Waals surface area contributed by atoms with Gasteiger partial charge in [-0.3, -0.25) is 4.57 Å². The second-order valence-electron chi connectivity index (χ2n) is 5.87. The SMILES string of the molecule is CCCCC(=CP(=O)(OCC)OCC)CCC(O)c1ccc(F)cc1. The highest BCUT2D eigenvalue weighted by atomic mass is 31.2. The Hall–Kier alpha value is -1.00. The average Bonchev–Trinajstić information content (AvgIpc) is 2.58. The number of aliphatic hydroxyl groups is 1. The minimum absolute atomic E-state index is 0.313. The quantitative estimate of drug-likeness (QED) is 0.459. The average molecular weight is 372 g/mol. The van der Waals surface area contributed by atoms with Gasteiger partial charge in [0.15, 0.2) is 0 Å². The monoisotopic (exact) mass is 372 g/mol. The summed E-state index contributed by atoms with van der Waals surface area (Å²) in [6.07, 6.45) is 3.14. The van der Waals surface area contributed by atoms with Crippen LogP contribution in [0.5, 0.6) is 0 Å². The molecule has 0 aliphatic heterocycles. The Labute approximate surface area is 150 Å². The standard InChI is InChI=1S/C19H30FO4P/c1-4-7-8-16(15-25(22,23-5-2)24-6-3)9-14-19(21)17-10-12-18(20)13-11-17/h10-13,15,19,21H,4-9,14H2,1-3H3. The molecule has 0 spiro atoms. The maximum atomic E-state index is 13.0. The molecule has 0 radical (unpaired) electrons. The van der Waals surface area contributed by atoms with Crippen molar-refractivity contribution >= 4 is 7.60 Å². The summed E-state index contributed by atoms with van der Waals surface area (Å²) >= 11 is 0. The van der Waals surface area contributed by atoms with Crippen molar-refractivity contribution in [1.82, 2.24) is 0 Å². The van der Waals surface area contributed by atoms with E-state index in [2.05, 4.69) is 6.92 Å². The molecule has 1 aromatic rings. The van der Waals surface area contributed by atoms with Gasteiger partial charge in [-0.25, -0.2) is 4.39 Å². The van der Waals surface area contributed by atoms with Crippen molar-refractivity contribution in [2.24, 2.45) is 0 Å². The highest BCUT2D eigenvalue weighted by Crippen LogP contribution is 2.51. The third-order valence-corrected chi connectivity index (χ3v) is 5.72. The van der Waals surface area contributed by atoms with Gasteiger partial charge >= 0.3 is 7.60 Å². The molecule has 4 nitrogen and oxygen atoms in total. The van der Waals surface area contributed by atoms with Gasteiger partial charge in [0.2, 0.25) is 0 Å². The van der Waals surface area contributed by atoms with Gasteiger partial charge in [0.1, 0.15) is 5.82 Å². The molecule has 1 atom stereocenters. The topological polar surface area (TPSA) is 55.8 Å². The molecule has 0 heterocycles. The van der Waals surface area contributed by atoms with Gasteiger partial charge in [0.25, 0.3) is 0 Å². The summed E-state index contributed by atoms with van der Waals surface area (Å²) in [6, 6.07) is 5.84. The Morgan fingerprint density at radius 1 is 1.16 bits per heavy atom. The minimum Gasteiger partial charge on any atom is -0.388 e. The van der Waals surface area contributed by atoms with E-state index in [4.69, 9.17) is 9.05 Å². The summed E-state index contributed by atoms with van der Waals surface area (Å²) in [5.74, 6) is 1.29. The van der Waals surface area contributed by atoms with Crippen molar-refractivity contribution in [2.45, 2.75) is 59.0 Å². The molecule has 1 rings (SSSR count). The summed E-state index contributed by atoms with van der Waals surface area (Å²) in [5, 5.41) is 10.3. The van der Waals surface area contributed by atoms with Crippen molar-refractivity contribution < 1.29 is 23.1 Å². The highest BCUT2D eigenvalue weighted by molar-refractivity contribution is 7.57. The molecule has 0 amide bonds. The summed E-state index contributed by atoms with van der Waals surface area (Å²) in [6.45, 7) is 6.28. The molecule has 0 aliphatic rings. The second-order valence-corrected chi connectivity index (χ2v) is 7.73. The third-order valence-electron chi connectivity index (χ3n) is 3.80. The molecule has 142 valence electrons. The van der Waals surface area contributed by atoms with Crippen LogP contribution in [-0.4, -0.2) is 18.3 Å². The summed E-state index contributed by atoms with van der Waals surface area (Å²) in [5.41, 5.74) is 1.64. The lowest BCUT2D eigenvalue weighted by Gasteiger charge is -2.17. The Morgan fingerprint density at radius 2 is 1.76 bits per heavy atom. The molecular weight excluding hydrogens is 342 g/mol. The van der Waals surface area contributed by atoms with Crippen LogP contribution >= 0.6 is 7.60 Å². The first-order valence-electron chi connectivity index (χ1n) is 8.97. The van der Waals surface area contributed by atoms with Crippen LogP contribution in [0.3, 0.4) is 0 Å². The summed E-state index contributed by atoms with van der Waals surface area (Å²) < 4.78 is 36.4. The van der Waals surface area contributed by atoms with E-state index in [9.17, 15) is 14.1 Å². The fourth-order valence-corrected chi connectivity index (χ4v) is 4.18. The zero-order valence-corrected chi connectivity index (χ0v) is 16.3. The van der Waals surface area contributed by atoms with Gasteiger partial charge in [-0.2, -0.15) is 0 Å². The number of hydrogen-bond donors (Lipinski definition) is 1. The van der Waals surface area contributed by atoms with Crippen molar-refractivity contribution in [3.8, 4) is 0 Å². The third kappa shape index (κ3) is 8.28. The molecule has 0 saturated carbocycles. The smallest absolute Gasteiger partial charge is 0.354 e. The van der Waals surface area contributed by atoms with Crippen LogP contribution < -0.4 is 0 Å². The molecular formula is C19H30FO4P. The van der Waals surface area contributed by atoms with Gasteiger partial charge < -0.3 is 14.2 Å². The lowest BCUT2D eigenvalue weighted by molar-refractivity contribution is 0.167. The molecule has 1 N–H and O–H groups in total. The minimum atomic E-state index is -3.25. The number of allylic oxidation sites excluding steroid dienone is 1. The first-order valence-corrected chi connectivity index (χ1v) is 10.6. The van der Waals surface area contributed by atoms with Gasteiger partial charge in [0.05, 0.1) is 19.3 Å². The van der Waals surface area contributed by atoms with Crippen LogP contribution in [-0.2, 0) is 13.6 Å². The van der Waals surface area contributed by atoms with Crippen LogP contribution in [0.1, 0.15) is 64.5 Å². The first kappa shape index (κ1) is 22.0. The molecule has 0 saturated heterocycles. The van der Waals surface area contributed by atoms with Crippen LogP contribution in [0.15, 0.2) is 35.7 Å². The molecule has 1 unspecified atom stereocenters. The van der Waals surface area contributed by atoms with Crippen LogP contribution in [0.2, 0.25) is 0 Å². The fourth-order valence-electron chi connectivity index (χ4n) is 2.53. The van der Waals surface area contributed by atoms with Gasteiger partial charge in [0, 0.05) is 5.82 Å². The lowest BCUT2D eigenvalue weighted by atomic mass is 9.99. The van der Waals surface area contributed by atoms with E-state index in [1.807, 2.05) is 0 Å². The fraction of sp³-hybridized carbons (Fsp3) is 0.579. The van der Waals surface area contributed by atoms with Crippen LogP contribution in [0.25, 0.3) is 0 Å². The van der Waals surface area contributed by atoms with Gasteiger partial charge in [-0.1, -0.05) is 31.1 Å². The molecule has 0 fully saturated rings. The molecule has 6 heteroatoms. The predicted octanol–water partition coefficient (Wildman–Crippen LogP) is 5.98. The molecule has 0 bridgehead atoms. The van der Waals surface area contributed by atoms with Crippen molar-refractivity contribution in [1.29, 1.82) is 0 Å². The second kappa shape index (κ2) is 11.6. The maximum absolute atomic E-state index is 13.0. The Bertz CT molecular complexity index is 561. The van der Waals surface area contributed by atoms with E-state index < -0.39 is 13.7 Å². The van der Waals surface area contributed by atoms with E-state index in [0.29, 0.717) is 31.6 Å². The van der Waals surface area contributed by atoms with Gasteiger partial charge in [-0.05, 0) is 57.2 Å². The van der Waals surface area contributed by atoms with E-state index in [1.54, 1.807) is 31.8 Å². The van der Waals surface area contributed by atoms with Crippen molar-refractivity contribution in [3.05, 3.63) is 47.0 Å². The van der Waals surface area contributed by atoms with E-state index >= 15 is 0 Å². The number of aliphatic hydroxyl groups excluding tert-OH is 1. The van der Waals surface area contributed by atoms with Crippen LogP contribution in [0.4, 0.5) is 4.39 Å². The van der Waals surface area contributed by atoms with Crippen LogP contribution in [0, 0.1) is 5.82 Å². The molecule has 1 aromatic carbocycles. The number of hydrogen-bond acceptors (Lipinski definition) is 4. The molecule has 25 heavy (non-hydrogen) atoms. The number of unbranched alkanes of at least 4 members (excludes halogenated alkanes) is 1. The lowest BCUT2D eigenvalue weighted by Crippen LogP contribution is -2.00. The summed E-state index contributed by atoms with van der Waals surface area (Å²) in [7, 11) is -3.25. The first-order chi connectivity index (χ1) is 11.9. The zero-order chi connectivity index (χ0) is 18.7. The van der Waals surface area contributed by atoms with Gasteiger partial charge in [-0.15, -0.1) is 0 Å². The summed E-state index contributed by atoms with van der Waals surface area (Å²) in [4.78, 5) is 0. The Morgan fingerprint density at radius 3 is 2.28 bits per heavy atom. The molecule has 0 aliphatic carbocycles. The van der Waals surface area contributed by atoms with Crippen molar-refractivity contribution in [3.63, 3.8) is 0 Å². The number of benzene rings is 1. The van der Waals surface area contributed by atoms with E-state index in [0.717, 1.165) is 24.8 Å². The van der Waals surface area contributed by atoms with E-state index in [-0.39, 0.29) is 5.82 Å². The highest BCUT2D eigenvalue weighted by Gasteiger charge is 2.21. The normalized spacial score (nSPS) is 13.9. The molecule has 0 aromatic heterocycles. The van der Waals surface area contributed by atoms with E-state index in [1.165, 1.54) is 12.1 Å². The zero-order valence-electron chi connectivity index (χ0n) is 15.4. The number of halogens is 1. The number of rotatable bonds is 12. The Kier molecular flexibility index (Phi) is 10.2. The van der Waals surface area contributed by atoms with Crippen molar-refractivity contribution in [2.75, 3.05) is 13.2 Å². The largest absolute Gasteiger partial charge is 0.388 e.